The van der Waals surface area contributed by atoms with Crippen LogP contribution in [0.25, 0.3) is 0 Å². The Hall–Kier alpha value is -0.0800. The average molecular weight is 228 g/mol. The van der Waals surface area contributed by atoms with Crippen LogP contribution >= 0.6 is 0 Å². The van der Waals surface area contributed by atoms with Gasteiger partial charge in [0.2, 0.25) is 0 Å². The zero-order chi connectivity index (χ0) is 11.8. The largest absolute Gasteiger partial charge is 0.390 e. The summed E-state index contributed by atoms with van der Waals surface area (Å²) in [4.78, 5) is 0. The molecule has 2 atom stereocenters. The number of hydrogen-bond acceptors (Lipinski definition) is 2. The molecule has 2 heteroatoms. The van der Waals surface area contributed by atoms with Crippen molar-refractivity contribution < 1.29 is 10.2 Å². The summed E-state index contributed by atoms with van der Waals surface area (Å²) in [5.74, 6) is 0.893. The number of hydrogen-bond donors (Lipinski definition) is 2. The lowest BCUT2D eigenvalue weighted by Crippen LogP contribution is -2.25. The van der Waals surface area contributed by atoms with Gasteiger partial charge in [-0.05, 0) is 18.8 Å². The predicted molar refractivity (Wildman–Crippen MR) is 67.3 cm³/mol. The summed E-state index contributed by atoms with van der Waals surface area (Å²) in [5, 5.41) is 19.3. The topological polar surface area (TPSA) is 40.5 Å². The van der Waals surface area contributed by atoms with Crippen LogP contribution in [0.3, 0.4) is 0 Å². The molecule has 2 N–H and O–H groups in total. The zero-order valence-electron chi connectivity index (χ0n) is 10.7. The second-order valence-electron chi connectivity index (χ2n) is 5.36. The summed E-state index contributed by atoms with van der Waals surface area (Å²) in [7, 11) is 0. The lowest BCUT2D eigenvalue weighted by atomic mass is 9.85. The second-order valence-corrected chi connectivity index (χ2v) is 5.36. The normalized spacial score (nSPS) is 21.9. The van der Waals surface area contributed by atoms with Gasteiger partial charge in [0.1, 0.15) is 0 Å². The van der Waals surface area contributed by atoms with Gasteiger partial charge in [-0.1, -0.05) is 58.3 Å². The van der Waals surface area contributed by atoms with Crippen LogP contribution in [0.4, 0.5) is 0 Å². The molecule has 0 bridgehead atoms. The maximum Gasteiger partial charge on any atom is 0.0799 e. The van der Waals surface area contributed by atoms with Crippen molar-refractivity contribution in [2.45, 2.75) is 83.3 Å². The Bertz CT molecular complexity index is 164. The fourth-order valence-electron chi connectivity index (χ4n) is 2.77. The van der Waals surface area contributed by atoms with Crippen LogP contribution in [0.15, 0.2) is 0 Å². The Morgan fingerprint density at radius 2 is 1.62 bits per heavy atom. The molecule has 1 rings (SSSR count). The number of aliphatic hydroxyl groups is 2. The van der Waals surface area contributed by atoms with Gasteiger partial charge >= 0.3 is 0 Å². The molecule has 0 aromatic carbocycles. The SMILES string of the molecule is CCCC(O)C(O)CCCC1CCCCC1. The molecule has 16 heavy (non-hydrogen) atoms. The predicted octanol–water partition coefficient (Wildman–Crippen LogP) is 3.26. The highest BCUT2D eigenvalue weighted by atomic mass is 16.3. The van der Waals surface area contributed by atoms with Gasteiger partial charge in [0.15, 0.2) is 0 Å². The van der Waals surface area contributed by atoms with Gasteiger partial charge in [-0.3, -0.25) is 0 Å². The van der Waals surface area contributed by atoms with Crippen LogP contribution in [0.1, 0.15) is 71.1 Å². The third-order valence-corrected chi connectivity index (χ3v) is 3.87. The van der Waals surface area contributed by atoms with Gasteiger partial charge in [-0.2, -0.15) is 0 Å². The second kappa shape index (κ2) is 8.08. The molecule has 0 aliphatic heterocycles. The first-order chi connectivity index (χ1) is 7.74. The van der Waals surface area contributed by atoms with E-state index >= 15 is 0 Å². The maximum atomic E-state index is 9.73. The Kier molecular flexibility index (Phi) is 7.06. The third-order valence-electron chi connectivity index (χ3n) is 3.87. The molecule has 0 aromatic rings. The summed E-state index contributed by atoms with van der Waals surface area (Å²) in [6.45, 7) is 2.04. The molecule has 2 nitrogen and oxygen atoms in total. The minimum absolute atomic E-state index is 0.497. The molecule has 0 aromatic heterocycles. The summed E-state index contributed by atoms with van der Waals surface area (Å²) < 4.78 is 0. The van der Waals surface area contributed by atoms with Crippen LogP contribution in [-0.2, 0) is 0 Å². The van der Waals surface area contributed by atoms with Crippen molar-refractivity contribution in [1.82, 2.24) is 0 Å². The van der Waals surface area contributed by atoms with Crippen molar-refractivity contribution in [2.24, 2.45) is 5.92 Å². The van der Waals surface area contributed by atoms with Crippen LogP contribution < -0.4 is 0 Å². The molecular formula is C14H28O2. The van der Waals surface area contributed by atoms with Gasteiger partial charge in [-0.15, -0.1) is 0 Å². The van der Waals surface area contributed by atoms with E-state index in [9.17, 15) is 10.2 Å². The molecule has 0 heterocycles. The quantitative estimate of drug-likeness (QED) is 0.702. The molecule has 2 unspecified atom stereocenters. The summed E-state index contributed by atoms with van der Waals surface area (Å²) in [5.41, 5.74) is 0. The van der Waals surface area contributed by atoms with Crippen molar-refractivity contribution >= 4 is 0 Å². The molecule has 1 saturated carbocycles. The molecule has 0 radical (unpaired) electrons. The summed E-state index contributed by atoms with van der Waals surface area (Å²) >= 11 is 0. The molecule has 96 valence electrons. The summed E-state index contributed by atoms with van der Waals surface area (Å²) in [6.07, 6.45) is 10.7. The Morgan fingerprint density at radius 1 is 1.00 bits per heavy atom. The molecule has 1 aliphatic carbocycles. The highest BCUT2D eigenvalue weighted by Crippen LogP contribution is 2.28. The van der Waals surface area contributed by atoms with Gasteiger partial charge < -0.3 is 10.2 Å². The third kappa shape index (κ3) is 5.31. The van der Waals surface area contributed by atoms with Crippen LogP contribution in [0, 0.1) is 5.92 Å². The van der Waals surface area contributed by atoms with Crippen LogP contribution in [0.2, 0.25) is 0 Å². The van der Waals surface area contributed by atoms with E-state index in [2.05, 4.69) is 0 Å². The van der Waals surface area contributed by atoms with E-state index in [1.807, 2.05) is 6.92 Å². The molecule has 0 amide bonds. The van der Waals surface area contributed by atoms with Crippen molar-refractivity contribution in [3.63, 3.8) is 0 Å². The van der Waals surface area contributed by atoms with E-state index in [1.54, 1.807) is 0 Å². The Morgan fingerprint density at radius 3 is 2.25 bits per heavy atom. The fraction of sp³-hybridized carbons (Fsp3) is 1.00. The van der Waals surface area contributed by atoms with Crippen LogP contribution in [0.5, 0.6) is 0 Å². The van der Waals surface area contributed by atoms with Crippen molar-refractivity contribution in [3.8, 4) is 0 Å². The average Bonchev–Trinajstić information content (AvgIpc) is 2.30. The monoisotopic (exact) mass is 228 g/mol. The van der Waals surface area contributed by atoms with Crippen LogP contribution in [-0.4, -0.2) is 22.4 Å². The minimum Gasteiger partial charge on any atom is -0.390 e. The Balaban J connectivity index is 2.04. The van der Waals surface area contributed by atoms with Gasteiger partial charge in [0.25, 0.3) is 0 Å². The Labute approximate surface area is 100 Å². The lowest BCUT2D eigenvalue weighted by molar-refractivity contribution is 0.00743. The fourth-order valence-corrected chi connectivity index (χ4v) is 2.77. The number of aliphatic hydroxyl groups excluding tert-OH is 2. The number of rotatable bonds is 7. The van der Waals surface area contributed by atoms with Gasteiger partial charge in [0.05, 0.1) is 12.2 Å². The van der Waals surface area contributed by atoms with E-state index in [1.165, 1.54) is 38.5 Å². The van der Waals surface area contributed by atoms with E-state index in [4.69, 9.17) is 0 Å². The molecule has 0 saturated heterocycles. The molecule has 0 spiro atoms. The zero-order valence-corrected chi connectivity index (χ0v) is 10.7. The standard InChI is InChI=1S/C14H28O2/c1-2-7-13(15)14(16)11-6-10-12-8-4-3-5-9-12/h12-16H,2-11H2,1H3. The summed E-state index contributed by atoms with van der Waals surface area (Å²) in [6, 6.07) is 0. The first-order valence-electron chi connectivity index (χ1n) is 7.10. The van der Waals surface area contributed by atoms with E-state index in [0.717, 1.165) is 31.6 Å². The molecular weight excluding hydrogens is 200 g/mol. The van der Waals surface area contributed by atoms with Crippen molar-refractivity contribution in [3.05, 3.63) is 0 Å². The first kappa shape index (κ1) is 14.0. The van der Waals surface area contributed by atoms with E-state index in [0.29, 0.717) is 0 Å². The minimum atomic E-state index is -0.503. The smallest absolute Gasteiger partial charge is 0.0799 e. The highest BCUT2D eigenvalue weighted by molar-refractivity contribution is 4.70. The van der Waals surface area contributed by atoms with Crippen molar-refractivity contribution in [2.75, 3.05) is 0 Å². The molecule has 1 fully saturated rings. The lowest BCUT2D eigenvalue weighted by Gasteiger charge is -2.22. The van der Waals surface area contributed by atoms with E-state index in [-0.39, 0.29) is 0 Å². The van der Waals surface area contributed by atoms with Gasteiger partial charge in [-0.25, -0.2) is 0 Å². The first-order valence-corrected chi connectivity index (χ1v) is 7.10. The van der Waals surface area contributed by atoms with E-state index < -0.39 is 12.2 Å². The van der Waals surface area contributed by atoms with Gasteiger partial charge in [0, 0.05) is 0 Å². The maximum absolute atomic E-state index is 9.73. The van der Waals surface area contributed by atoms with Crippen molar-refractivity contribution in [1.29, 1.82) is 0 Å². The highest BCUT2D eigenvalue weighted by Gasteiger charge is 2.17. The molecule has 1 aliphatic rings.